The summed E-state index contributed by atoms with van der Waals surface area (Å²) < 4.78 is 0. The van der Waals surface area contributed by atoms with Gasteiger partial charge in [-0.25, -0.2) is 0 Å². The van der Waals surface area contributed by atoms with Crippen LogP contribution in [0.5, 0.6) is 0 Å². The number of hydrogen-bond acceptors (Lipinski definition) is 3. The summed E-state index contributed by atoms with van der Waals surface area (Å²) in [5.74, 6) is 0. The predicted octanol–water partition coefficient (Wildman–Crippen LogP) is 2.38. The largest absolute Gasteiger partial charge is 0.393 e. The molecule has 3 atom stereocenters. The Morgan fingerprint density at radius 2 is 2.29 bits per heavy atom. The summed E-state index contributed by atoms with van der Waals surface area (Å²) in [7, 11) is 0. The van der Waals surface area contributed by atoms with Crippen LogP contribution in [0.2, 0.25) is 0 Å². The van der Waals surface area contributed by atoms with E-state index in [0.29, 0.717) is 12.1 Å². The lowest BCUT2D eigenvalue weighted by Crippen LogP contribution is -2.34. The quantitative estimate of drug-likeness (QED) is 0.869. The third-order valence-electron chi connectivity index (χ3n) is 3.65. The van der Waals surface area contributed by atoms with Crippen LogP contribution < -0.4 is 0 Å². The van der Waals surface area contributed by atoms with Crippen molar-refractivity contribution >= 4 is 0 Å². The maximum absolute atomic E-state index is 9.54. The summed E-state index contributed by atoms with van der Waals surface area (Å²) in [6, 6.07) is 6.93. The van der Waals surface area contributed by atoms with Gasteiger partial charge >= 0.3 is 0 Å². The normalized spacial score (nSPS) is 24.8. The molecule has 3 heteroatoms. The molecule has 0 amide bonds. The van der Waals surface area contributed by atoms with E-state index in [1.807, 2.05) is 25.3 Å². The Labute approximate surface area is 103 Å². The Bertz CT molecular complexity index is 339. The van der Waals surface area contributed by atoms with Crippen molar-refractivity contribution in [1.29, 1.82) is 0 Å². The van der Waals surface area contributed by atoms with Crippen LogP contribution in [0.25, 0.3) is 0 Å². The molecule has 3 nitrogen and oxygen atoms in total. The number of pyridine rings is 1. The van der Waals surface area contributed by atoms with E-state index >= 15 is 0 Å². The molecule has 94 valence electrons. The van der Waals surface area contributed by atoms with Crippen LogP contribution in [-0.4, -0.2) is 33.7 Å². The first kappa shape index (κ1) is 12.5. The van der Waals surface area contributed by atoms with Crippen molar-refractivity contribution < 1.29 is 5.11 Å². The highest BCUT2D eigenvalue weighted by atomic mass is 16.3. The maximum atomic E-state index is 9.54. The van der Waals surface area contributed by atoms with Crippen LogP contribution in [-0.2, 0) is 0 Å². The molecule has 17 heavy (non-hydrogen) atoms. The van der Waals surface area contributed by atoms with Crippen molar-refractivity contribution in [3.63, 3.8) is 0 Å². The van der Waals surface area contributed by atoms with Gasteiger partial charge in [0.2, 0.25) is 0 Å². The SMILES string of the molecule is CC(O)CC1CCCN1C(C)c1ccccn1. The third kappa shape index (κ3) is 3.05. The summed E-state index contributed by atoms with van der Waals surface area (Å²) in [4.78, 5) is 6.91. The van der Waals surface area contributed by atoms with Gasteiger partial charge in [0.25, 0.3) is 0 Å². The molecule has 0 radical (unpaired) electrons. The Balaban J connectivity index is 2.05. The maximum Gasteiger partial charge on any atom is 0.0572 e. The number of rotatable bonds is 4. The second kappa shape index (κ2) is 5.61. The lowest BCUT2D eigenvalue weighted by atomic mass is 10.1. The molecule has 0 aromatic carbocycles. The minimum absolute atomic E-state index is 0.212. The molecule has 1 aromatic heterocycles. The van der Waals surface area contributed by atoms with Crippen molar-refractivity contribution in [3.8, 4) is 0 Å². The van der Waals surface area contributed by atoms with Crippen molar-refractivity contribution in [1.82, 2.24) is 9.88 Å². The second-order valence-electron chi connectivity index (χ2n) is 5.05. The summed E-state index contributed by atoms with van der Waals surface area (Å²) in [5.41, 5.74) is 1.13. The van der Waals surface area contributed by atoms with Crippen molar-refractivity contribution in [3.05, 3.63) is 30.1 Å². The Kier molecular flexibility index (Phi) is 4.13. The predicted molar refractivity (Wildman–Crippen MR) is 68.7 cm³/mol. The first-order valence-corrected chi connectivity index (χ1v) is 6.53. The van der Waals surface area contributed by atoms with Crippen molar-refractivity contribution in [2.45, 2.75) is 51.3 Å². The lowest BCUT2D eigenvalue weighted by molar-refractivity contribution is 0.113. The molecule has 0 bridgehead atoms. The van der Waals surface area contributed by atoms with Gasteiger partial charge in [-0.1, -0.05) is 6.07 Å². The molecule has 0 spiro atoms. The van der Waals surface area contributed by atoms with Gasteiger partial charge in [-0.15, -0.1) is 0 Å². The van der Waals surface area contributed by atoms with Crippen LogP contribution in [0.4, 0.5) is 0 Å². The van der Waals surface area contributed by atoms with E-state index in [-0.39, 0.29) is 6.10 Å². The number of aliphatic hydroxyl groups is 1. The van der Waals surface area contributed by atoms with Crippen LogP contribution in [0.1, 0.15) is 44.8 Å². The molecular weight excluding hydrogens is 212 g/mol. The standard InChI is InChI=1S/C14H22N2O/c1-11(17)10-13-6-5-9-16(13)12(2)14-7-3-4-8-15-14/h3-4,7-8,11-13,17H,5-6,9-10H2,1-2H3. The van der Waals surface area contributed by atoms with Gasteiger partial charge in [0.1, 0.15) is 0 Å². The zero-order valence-corrected chi connectivity index (χ0v) is 10.7. The van der Waals surface area contributed by atoms with Gasteiger partial charge in [-0.3, -0.25) is 9.88 Å². The number of hydrogen-bond donors (Lipinski definition) is 1. The lowest BCUT2D eigenvalue weighted by Gasteiger charge is -2.31. The summed E-state index contributed by atoms with van der Waals surface area (Å²) >= 11 is 0. The molecule has 1 aromatic rings. The topological polar surface area (TPSA) is 36.4 Å². The van der Waals surface area contributed by atoms with E-state index in [2.05, 4.69) is 22.9 Å². The van der Waals surface area contributed by atoms with Gasteiger partial charge < -0.3 is 5.11 Å². The molecule has 1 N–H and O–H groups in total. The average molecular weight is 234 g/mol. The fraction of sp³-hybridized carbons (Fsp3) is 0.643. The molecule has 1 aliphatic rings. The molecule has 1 fully saturated rings. The van der Waals surface area contributed by atoms with E-state index in [1.165, 1.54) is 12.8 Å². The Morgan fingerprint density at radius 1 is 1.47 bits per heavy atom. The fourth-order valence-electron chi connectivity index (χ4n) is 2.81. The molecule has 2 rings (SSSR count). The van der Waals surface area contributed by atoms with E-state index < -0.39 is 0 Å². The van der Waals surface area contributed by atoms with Gasteiger partial charge in [-0.05, 0) is 51.8 Å². The second-order valence-corrected chi connectivity index (χ2v) is 5.05. The molecule has 0 aliphatic carbocycles. The van der Waals surface area contributed by atoms with Gasteiger partial charge in [0, 0.05) is 18.3 Å². The fourth-order valence-corrected chi connectivity index (χ4v) is 2.81. The Morgan fingerprint density at radius 3 is 2.94 bits per heavy atom. The van der Waals surface area contributed by atoms with Crippen LogP contribution >= 0.6 is 0 Å². The highest BCUT2D eigenvalue weighted by Gasteiger charge is 2.30. The molecular formula is C14H22N2O. The first-order chi connectivity index (χ1) is 8.18. The smallest absolute Gasteiger partial charge is 0.0572 e. The number of likely N-dealkylation sites (tertiary alicyclic amines) is 1. The van der Waals surface area contributed by atoms with Gasteiger partial charge in [0.05, 0.1) is 11.8 Å². The van der Waals surface area contributed by atoms with E-state index in [9.17, 15) is 5.11 Å². The van der Waals surface area contributed by atoms with E-state index in [0.717, 1.165) is 18.7 Å². The molecule has 2 heterocycles. The monoisotopic (exact) mass is 234 g/mol. The highest BCUT2D eigenvalue weighted by molar-refractivity contribution is 5.09. The van der Waals surface area contributed by atoms with Crippen molar-refractivity contribution in [2.24, 2.45) is 0 Å². The van der Waals surface area contributed by atoms with E-state index in [1.54, 1.807) is 0 Å². The van der Waals surface area contributed by atoms with Gasteiger partial charge in [-0.2, -0.15) is 0 Å². The number of aliphatic hydroxyl groups excluding tert-OH is 1. The number of aromatic nitrogens is 1. The highest BCUT2D eigenvalue weighted by Crippen LogP contribution is 2.30. The van der Waals surface area contributed by atoms with Crippen LogP contribution in [0.3, 0.4) is 0 Å². The minimum atomic E-state index is -0.212. The minimum Gasteiger partial charge on any atom is -0.393 e. The molecule has 1 saturated heterocycles. The molecule has 1 aliphatic heterocycles. The third-order valence-corrected chi connectivity index (χ3v) is 3.65. The van der Waals surface area contributed by atoms with Crippen LogP contribution in [0.15, 0.2) is 24.4 Å². The van der Waals surface area contributed by atoms with Gasteiger partial charge in [0.15, 0.2) is 0 Å². The first-order valence-electron chi connectivity index (χ1n) is 6.53. The zero-order chi connectivity index (χ0) is 12.3. The molecule has 3 unspecified atom stereocenters. The Hall–Kier alpha value is -0.930. The van der Waals surface area contributed by atoms with Crippen LogP contribution in [0, 0.1) is 0 Å². The van der Waals surface area contributed by atoms with Crippen molar-refractivity contribution in [2.75, 3.05) is 6.54 Å². The summed E-state index contributed by atoms with van der Waals surface area (Å²) in [5, 5.41) is 9.54. The molecule has 0 saturated carbocycles. The average Bonchev–Trinajstić information content (AvgIpc) is 2.76. The van der Waals surface area contributed by atoms with E-state index in [4.69, 9.17) is 0 Å². The number of nitrogens with zero attached hydrogens (tertiary/aromatic N) is 2. The summed E-state index contributed by atoms with van der Waals surface area (Å²) in [6.07, 6.45) is 4.94. The zero-order valence-electron chi connectivity index (χ0n) is 10.7. The summed E-state index contributed by atoms with van der Waals surface area (Å²) in [6.45, 7) is 5.21.